The highest BCUT2D eigenvalue weighted by Crippen LogP contribution is 2.14. The van der Waals surface area contributed by atoms with Gasteiger partial charge < -0.3 is 19.5 Å². The van der Waals surface area contributed by atoms with Gasteiger partial charge in [-0.3, -0.25) is 0 Å². The van der Waals surface area contributed by atoms with Crippen molar-refractivity contribution in [1.29, 1.82) is 0 Å². The van der Waals surface area contributed by atoms with Crippen molar-refractivity contribution < 1.29 is 23.9 Å². The molecule has 0 aromatic heterocycles. The first-order valence-electron chi connectivity index (χ1n) is 5.51. The van der Waals surface area contributed by atoms with Gasteiger partial charge in [0.2, 0.25) is 0 Å². The maximum atomic E-state index is 13.3. The highest BCUT2D eigenvalue weighted by Gasteiger charge is 2.14. The zero-order chi connectivity index (χ0) is 12.7. The molecule has 0 radical (unpaired) electrons. The fraction of sp³-hybridized carbons (Fsp3) is 0.455. The highest BCUT2D eigenvalue weighted by molar-refractivity contribution is 6.58. The minimum atomic E-state index is -1.63. The third-order valence-corrected chi connectivity index (χ3v) is 2.09. The average molecular weight is 242 g/mol. The van der Waals surface area contributed by atoms with Gasteiger partial charge in [0, 0.05) is 6.61 Å². The molecule has 0 atom stereocenters. The van der Waals surface area contributed by atoms with Gasteiger partial charge in [-0.15, -0.1) is 0 Å². The summed E-state index contributed by atoms with van der Waals surface area (Å²) in [6.07, 6.45) is 0.917. The van der Waals surface area contributed by atoms with Crippen LogP contribution < -0.4 is 10.2 Å². The van der Waals surface area contributed by atoms with Crippen LogP contribution in [-0.4, -0.2) is 37.0 Å². The predicted molar refractivity (Wildman–Crippen MR) is 62.8 cm³/mol. The van der Waals surface area contributed by atoms with Gasteiger partial charge in [0.1, 0.15) is 6.61 Å². The fourth-order valence-corrected chi connectivity index (χ4v) is 1.25. The third-order valence-electron chi connectivity index (χ3n) is 2.09. The van der Waals surface area contributed by atoms with Crippen molar-refractivity contribution in [3.8, 4) is 5.75 Å². The van der Waals surface area contributed by atoms with E-state index in [1.54, 1.807) is 0 Å². The van der Waals surface area contributed by atoms with Gasteiger partial charge in [0.25, 0.3) is 0 Å². The molecule has 4 nitrogen and oxygen atoms in total. The average Bonchev–Trinajstić information content (AvgIpc) is 2.30. The van der Waals surface area contributed by atoms with Crippen LogP contribution in [-0.2, 0) is 4.74 Å². The lowest BCUT2D eigenvalue weighted by molar-refractivity contribution is 0.0992. The first kappa shape index (κ1) is 14.0. The molecule has 6 heteroatoms. The molecule has 1 aromatic rings. The zero-order valence-corrected chi connectivity index (χ0v) is 9.73. The molecule has 0 aliphatic rings. The molecule has 2 N–H and O–H groups in total. The van der Waals surface area contributed by atoms with Gasteiger partial charge in [-0.25, -0.2) is 4.39 Å². The molecule has 1 rings (SSSR count). The van der Waals surface area contributed by atoms with E-state index in [0.717, 1.165) is 12.5 Å². The van der Waals surface area contributed by atoms with Gasteiger partial charge in [0.15, 0.2) is 11.6 Å². The summed E-state index contributed by atoms with van der Waals surface area (Å²) in [4.78, 5) is 0. The lowest BCUT2D eigenvalue weighted by Crippen LogP contribution is -2.30. The Morgan fingerprint density at radius 1 is 1.24 bits per heavy atom. The van der Waals surface area contributed by atoms with Gasteiger partial charge in [-0.2, -0.15) is 0 Å². The predicted octanol–water partition coefficient (Wildman–Crippen LogP) is 0.311. The van der Waals surface area contributed by atoms with E-state index >= 15 is 0 Å². The summed E-state index contributed by atoms with van der Waals surface area (Å²) in [5.74, 6) is -0.541. The summed E-state index contributed by atoms with van der Waals surface area (Å²) in [6, 6.07) is 3.69. The smallest absolute Gasteiger partial charge is 0.488 e. The quantitative estimate of drug-likeness (QED) is 0.533. The van der Waals surface area contributed by atoms with E-state index < -0.39 is 12.9 Å². The number of ether oxygens (including phenoxy) is 2. The van der Waals surface area contributed by atoms with Crippen LogP contribution in [0.3, 0.4) is 0 Å². The minimum Gasteiger partial charge on any atom is -0.488 e. The van der Waals surface area contributed by atoms with Crippen LogP contribution in [0.1, 0.15) is 13.3 Å². The Bertz CT molecular complexity index is 346. The van der Waals surface area contributed by atoms with E-state index in [9.17, 15) is 4.39 Å². The molecular weight excluding hydrogens is 226 g/mol. The lowest BCUT2D eigenvalue weighted by Gasteiger charge is -2.09. The number of benzene rings is 1. The summed E-state index contributed by atoms with van der Waals surface area (Å²) in [7, 11) is -1.63. The monoisotopic (exact) mass is 242 g/mol. The molecule has 0 aliphatic carbocycles. The first-order chi connectivity index (χ1) is 8.15. The Morgan fingerprint density at radius 3 is 2.65 bits per heavy atom. The SMILES string of the molecule is CCCOCCOc1cc(B(O)O)ccc1F. The molecule has 0 aliphatic heterocycles. The van der Waals surface area contributed by atoms with Crippen molar-refractivity contribution >= 4 is 12.6 Å². The fourth-order valence-electron chi connectivity index (χ4n) is 1.25. The van der Waals surface area contributed by atoms with Crippen LogP contribution in [0.5, 0.6) is 5.75 Å². The van der Waals surface area contributed by atoms with E-state index in [4.69, 9.17) is 19.5 Å². The molecule has 1 aromatic carbocycles. The molecule has 0 saturated carbocycles. The van der Waals surface area contributed by atoms with E-state index in [2.05, 4.69) is 0 Å². The van der Waals surface area contributed by atoms with Crippen molar-refractivity contribution in [3.63, 3.8) is 0 Å². The van der Waals surface area contributed by atoms with Crippen molar-refractivity contribution in [3.05, 3.63) is 24.0 Å². The molecule has 0 fully saturated rings. The number of hydrogen-bond acceptors (Lipinski definition) is 4. The molecule has 0 heterocycles. The molecular formula is C11H16BFO4. The van der Waals surface area contributed by atoms with Crippen LogP contribution in [0.2, 0.25) is 0 Å². The second-order valence-electron chi connectivity index (χ2n) is 3.52. The summed E-state index contributed by atoms with van der Waals surface area (Å²) in [5, 5.41) is 17.9. The van der Waals surface area contributed by atoms with Crippen LogP contribution in [0.25, 0.3) is 0 Å². The van der Waals surface area contributed by atoms with E-state index in [1.165, 1.54) is 12.1 Å². The van der Waals surface area contributed by atoms with Crippen molar-refractivity contribution in [1.82, 2.24) is 0 Å². The molecule has 0 saturated heterocycles. The zero-order valence-electron chi connectivity index (χ0n) is 9.73. The normalized spacial score (nSPS) is 10.4. The standard InChI is InChI=1S/C11H16BFO4/c1-2-5-16-6-7-17-11-8-9(12(14)15)3-4-10(11)13/h3-4,8,14-15H,2,5-7H2,1H3. The topological polar surface area (TPSA) is 58.9 Å². The van der Waals surface area contributed by atoms with Crippen molar-refractivity contribution in [2.45, 2.75) is 13.3 Å². The van der Waals surface area contributed by atoms with Crippen LogP contribution in [0, 0.1) is 5.82 Å². The summed E-state index contributed by atoms with van der Waals surface area (Å²) in [6.45, 7) is 3.23. The Kier molecular flexibility index (Phi) is 5.97. The number of hydrogen-bond donors (Lipinski definition) is 2. The van der Waals surface area contributed by atoms with E-state index in [1.807, 2.05) is 6.92 Å². The first-order valence-corrected chi connectivity index (χ1v) is 5.51. The summed E-state index contributed by atoms with van der Waals surface area (Å²) < 4.78 is 23.6. The Labute approximate surface area is 100 Å². The summed E-state index contributed by atoms with van der Waals surface area (Å²) in [5.41, 5.74) is 0.191. The van der Waals surface area contributed by atoms with Gasteiger partial charge in [-0.05, 0) is 24.0 Å². The van der Waals surface area contributed by atoms with Crippen molar-refractivity contribution in [2.24, 2.45) is 0 Å². The van der Waals surface area contributed by atoms with Crippen LogP contribution in [0.15, 0.2) is 18.2 Å². The minimum absolute atomic E-state index is 0.00398. The molecule has 0 amide bonds. The summed E-state index contributed by atoms with van der Waals surface area (Å²) >= 11 is 0. The Balaban J connectivity index is 2.49. The van der Waals surface area contributed by atoms with Gasteiger partial charge >= 0.3 is 7.12 Å². The maximum Gasteiger partial charge on any atom is 0.488 e. The molecule has 17 heavy (non-hydrogen) atoms. The van der Waals surface area contributed by atoms with Crippen LogP contribution >= 0.6 is 0 Å². The highest BCUT2D eigenvalue weighted by atomic mass is 19.1. The lowest BCUT2D eigenvalue weighted by atomic mass is 9.80. The molecule has 94 valence electrons. The van der Waals surface area contributed by atoms with Gasteiger partial charge in [-0.1, -0.05) is 13.0 Å². The van der Waals surface area contributed by atoms with Crippen molar-refractivity contribution in [2.75, 3.05) is 19.8 Å². The second kappa shape index (κ2) is 7.27. The Morgan fingerprint density at radius 2 is 2.00 bits per heavy atom. The number of halogens is 1. The Hall–Kier alpha value is -1.11. The third kappa shape index (κ3) is 4.72. The molecule has 0 bridgehead atoms. The van der Waals surface area contributed by atoms with E-state index in [-0.39, 0.29) is 17.8 Å². The largest absolute Gasteiger partial charge is 0.488 e. The van der Waals surface area contributed by atoms with Crippen LogP contribution in [0.4, 0.5) is 4.39 Å². The van der Waals surface area contributed by atoms with Gasteiger partial charge in [0.05, 0.1) is 6.61 Å². The second-order valence-corrected chi connectivity index (χ2v) is 3.52. The number of rotatable bonds is 7. The maximum absolute atomic E-state index is 13.3. The van der Waals surface area contributed by atoms with E-state index in [0.29, 0.717) is 13.2 Å². The molecule has 0 spiro atoms. The molecule has 0 unspecified atom stereocenters.